The van der Waals surface area contributed by atoms with Crippen molar-refractivity contribution in [1.29, 1.82) is 0 Å². The first-order chi connectivity index (χ1) is 14.4. The van der Waals surface area contributed by atoms with Crippen molar-refractivity contribution in [2.24, 2.45) is 5.92 Å². The first-order valence-electron chi connectivity index (χ1n) is 10.0. The maximum atomic E-state index is 12.3. The molecule has 0 amide bonds. The number of halogens is 2. The van der Waals surface area contributed by atoms with Gasteiger partial charge in [0.2, 0.25) is 0 Å². The molecule has 1 saturated heterocycles. The van der Waals surface area contributed by atoms with Crippen molar-refractivity contribution in [2.45, 2.75) is 33.2 Å². The first kappa shape index (κ1) is 21.0. The predicted octanol–water partition coefficient (Wildman–Crippen LogP) is 5.78. The van der Waals surface area contributed by atoms with Crippen LogP contribution in [0.15, 0.2) is 47.4 Å². The second-order valence-electron chi connectivity index (χ2n) is 7.70. The molecule has 30 heavy (non-hydrogen) atoms. The molecule has 0 spiro atoms. The number of hydrogen-bond donors (Lipinski definition) is 0. The van der Waals surface area contributed by atoms with Gasteiger partial charge in [-0.15, -0.1) is 0 Å². The highest BCUT2D eigenvalue weighted by molar-refractivity contribution is 6.37. The molecule has 1 aromatic carbocycles. The van der Waals surface area contributed by atoms with Gasteiger partial charge in [0.15, 0.2) is 5.75 Å². The topological polar surface area (TPSA) is 45.4 Å². The van der Waals surface area contributed by atoms with Crippen molar-refractivity contribution in [2.75, 3.05) is 13.2 Å². The van der Waals surface area contributed by atoms with Crippen molar-refractivity contribution in [3.8, 4) is 17.2 Å². The highest BCUT2D eigenvalue weighted by atomic mass is 35.5. The minimum absolute atomic E-state index is 0.0556. The lowest BCUT2D eigenvalue weighted by Crippen LogP contribution is -2.26. The number of nitrogens with zero attached hydrogens (tertiary/aromatic N) is 2. The second kappa shape index (κ2) is 8.88. The summed E-state index contributed by atoms with van der Waals surface area (Å²) in [6.45, 7) is 6.19. The molecule has 3 heterocycles. The molecule has 7 heteroatoms. The summed E-state index contributed by atoms with van der Waals surface area (Å²) in [4.78, 5) is 12.3. The maximum absolute atomic E-state index is 12.3. The van der Waals surface area contributed by atoms with E-state index in [1.807, 2.05) is 38.1 Å². The van der Waals surface area contributed by atoms with E-state index in [4.69, 9.17) is 32.7 Å². The van der Waals surface area contributed by atoms with Crippen molar-refractivity contribution in [3.05, 3.63) is 74.4 Å². The van der Waals surface area contributed by atoms with Crippen LogP contribution in [-0.4, -0.2) is 22.3 Å². The van der Waals surface area contributed by atoms with Crippen LogP contribution in [0.5, 0.6) is 11.5 Å². The number of ether oxygens (including phenoxy) is 2. The number of hydrogen-bond acceptors (Lipinski definition) is 3. The van der Waals surface area contributed by atoms with E-state index in [9.17, 15) is 4.79 Å². The van der Waals surface area contributed by atoms with Crippen LogP contribution >= 0.6 is 23.2 Å². The molecule has 1 fully saturated rings. The Labute approximate surface area is 185 Å². The SMILES string of the molecule is Cc1ccc(C)n1-c1cc(Cl)c(Oc2ccc(=O)n(CC3CCOCC3)c2)c(Cl)c1. The summed E-state index contributed by atoms with van der Waals surface area (Å²) < 4.78 is 15.2. The highest BCUT2D eigenvalue weighted by Crippen LogP contribution is 2.38. The van der Waals surface area contributed by atoms with Crippen molar-refractivity contribution in [3.63, 3.8) is 0 Å². The molecule has 5 nitrogen and oxygen atoms in total. The van der Waals surface area contributed by atoms with Gasteiger partial charge in [-0.05, 0) is 62.9 Å². The summed E-state index contributed by atoms with van der Waals surface area (Å²) >= 11 is 13.1. The van der Waals surface area contributed by atoms with E-state index in [2.05, 4.69) is 4.57 Å². The lowest BCUT2D eigenvalue weighted by atomic mass is 10.0. The third kappa shape index (κ3) is 4.43. The van der Waals surface area contributed by atoms with E-state index in [-0.39, 0.29) is 5.56 Å². The lowest BCUT2D eigenvalue weighted by molar-refractivity contribution is 0.0609. The van der Waals surface area contributed by atoms with E-state index in [0.717, 1.165) is 43.1 Å². The Morgan fingerprint density at radius 3 is 2.30 bits per heavy atom. The summed E-state index contributed by atoms with van der Waals surface area (Å²) in [5, 5.41) is 0.819. The predicted molar refractivity (Wildman–Crippen MR) is 120 cm³/mol. The molecule has 0 aliphatic carbocycles. The standard InChI is InChI=1S/C23H24Cl2N2O3/c1-15-3-4-16(2)27(15)18-11-20(24)23(21(25)12-18)30-19-5-6-22(28)26(14-19)13-17-7-9-29-10-8-17/h3-6,11-12,14,17H,7-10,13H2,1-2H3. The average Bonchev–Trinajstić information content (AvgIpc) is 3.06. The Morgan fingerprint density at radius 1 is 1.03 bits per heavy atom. The molecule has 0 saturated carbocycles. The summed E-state index contributed by atoms with van der Waals surface area (Å²) in [7, 11) is 0. The van der Waals surface area contributed by atoms with Gasteiger partial charge in [-0.3, -0.25) is 4.79 Å². The molecule has 0 bridgehead atoms. The minimum Gasteiger partial charge on any atom is -0.453 e. The third-order valence-corrected chi connectivity index (χ3v) is 6.05. The van der Waals surface area contributed by atoms with E-state index in [0.29, 0.717) is 34.0 Å². The Bertz CT molecular complexity index is 1070. The van der Waals surface area contributed by atoms with E-state index >= 15 is 0 Å². The van der Waals surface area contributed by atoms with Gasteiger partial charge in [-0.1, -0.05) is 23.2 Å². The molecule has 3 aromatic rings. The molecule has 0 unspecified atom stereocenters. The summed E-state index contributed by atoms with van der Waals surface area (Å²) in [6, 6.07) is 10.9. The number of aromatic nitrogens is 2. The number of pyridine rings is 1. The van der Waals surface area contributed by atoms with Crippen LogP contribution in [0.1, 0.15) is 24.2 Å². The highest BCUT2D eigenvalue weighted by Gasteiger charge is 2.17. The summed E-state index contributed by atoms with van der Waals surface area (Å²) in [5.41, 5.74) is 3.00. The lowest BCUT2D eigenvalue weighted by Gasteiger charge is -2.23. The van der Waals surface area contributed by atoms with Crippen LogP contribution in [0.2, 0.25) is 10.0 Å². The van der Waals surface area contributed by atoms with E-state index in [1.54, 1.807) is 16.8 Å². The van der Waals surface area contributed by atoms with Crippen molar-refractivity contribution < 1.29 is 9.47 Å². The van der Waals surface area contributed by atoms with Crippen LogP contribution in [0.25, 0.3) is 5.69 Å². The smallest absolute Gasteiger partial charge is 0.250 e. The molecule has 2 aromatic heterocycles. The molecule has 1 aliphatic heterocycles. The van der Waals surface area contributed by atoms with Gasteiger partial charge >= 0.3 is 0 Å². The molecule has 0 radical (unpaired) electrons. The first-order valence-corrected chi connectivity index (χ1v) is 10.8. The van der Waals surface area contributed by atoms with Crippen LogP contribution in [-0.2, 0) is 11.3 Å². The fourth-order valence-electron chi connectivity index (χ4n) is 3.89. The van der Waals surface area contributed by atoms with Gasteiger partial charge < -0.3 is 18.6 Å². The average molecular weight is 447 g/mol. The normalized spacial score (nSPS) is 14.8. The van der Waals surface area contributed by atoms with Crippen molar-refractivity contribution >= 4 is 23.2 Å². The number of benzene rings is 1. The van der Waals surface area contributed by atoms with Gasteiger partial charge in [0.05, 0.1) is 10.0 Å². The minimum atomic E-state index is -0.0556. The molecule has 0 atom stereocenters. The summed E-state index contributed by atoms with van der Waals surface area (Å²) in [6.07, 6.45) is 3.63. The zero-order valence-electron chi connectivity index (χ0n) is 17.0. The van der Waals surface area contributed by atoms with Gasteiger partial charge in [0.1, 0.15) is 5.75 Å². The van der Waals surface area contributed by atoms with E-state index < -0.39 is 0 Å². The van der Waals surface area contributed by atoms with Crippen LogP contribution in [0.3, 0.4) is 0 Å². The molecular formula is C23H24Cl2N2O3. The van der Waals surface area contributed by atoms with E-state index in [1.165, 1.54) is 6.07 Å². The zero-order valence-corrected chi connectivity index (χ0v) is 18.5. The number of aryl methyl sites for hydroxylation is 2. The summed E-state index contributed by atoms with van der Waals surface area (Å²) in [5.74, 6) is 1.32. The monoisotopic (exact) mass is 446 g/mol. The fraction of sp³-hybridized carbons (Fsp3) is 0.348. The van der Waals surface area contributed by atoms with Crippen LogP contribution < -0.4 is 10.3 Å². The molecule has 0 N–H and O–H groups in total. The third-order valence-electron chi connectivity index (χ3n) is 5.48. The fourth-order valence-corrected chi connectivity index (χ4v) is 4.44. The van der Waals surface area contributed by atoms with Gasteiger partial charge in [-0.25, -0.2) is 0 Å². The number of rotatable bonds is 5. The van der Waals surface area contributed by atoms with Gasteiger partial charge in [-0.2, -0.15) is 0 Å². The molecule has 158 valence electrons. The van der Waals surface area contributed by atoms with Gasteiger partial charge in [0.25, 0.3) is 5.56 Å². The van der Waals surface area contributed by atoms with Crippen LogP contribution in [0.4, 0.5) is 0 Å². The molecular weight excluding hydrogens is 423 g/mol. The Balaban J connectivity index is 1.60. The Morgan fingerprint density at radius 2 is 1.67 bits per heavy atom. The second-order valence-corrected chi connectivity index (χ2v) is 8.52. The zero-order chi connectivity index (χ0) is 21.3. The maximum Gasteiger partial charge on any atom is 0.250 e. The van der Waals surface area contributed by atoms with Crippen molar-refractivity contribution in [1.82, 2.24) is 9.13 Å². The van der Waals surface area contributed by atoms with Crippen LogP contribution in [0, 0.1) is 19.8 Å². The quantitative estimate of drug-likeness (QED) is 0.498. The molecule has 4 rings (SSSR count). The Kier molecular flexibility index (Phi) is 6.23. The molecule has 1 aliphatic rings. The Hall–Kier alpha value is -2.21. The largest absolute Gasteiger partial charge is 0.453 e. The van der Waals surface area contributed by atoms with Gasteiger partial charge in [0, 0.05) is 49.1 Å².